The summed E-state index contributed by atoms with van der Waals surface area (Å²) in [4.78, 5) is 34.6. The summed E-state index contributed by atoms with van der Waals surface area (Å²) in [6.45, 7) is 0.0134. The maximum absolute atomic E-state index is 13.3. The summed E-state index contributed by atoms with van der Waals surface area (Å²) in [6.07, 6.45) is 3.43. The highest BCUT2D eigenvalue weighted by molar-refractivity contribution is 6.02. The number of ether oxygens (including phenoxy) is 1. The largest absolute Gasteiger partial charge is 0.462 e. The first kappa shape index (κ1) is 19.1. The van der Waals surface area contributed by atoms with Crippen molar-refractivity contribution in [3.05, 3.63) is 89.7 Å². The molecule has 0 aliphatic carbocycles. The van der Waals surface area contributed by atoms with Crippen molar-refractivity contribution in [2.75, 3.05) is 11.5 Å². The first-order valence-electron chi connectivity index (χ1n) is 10.3. The molecule has 1 aromatic heterocycles. The number of aromatic amines is 1. The molecule has 4 aromatic rings. The van der Waals surface area contributed by atoms with Crippen LogP contribution in [0.15, 0.2) is 73.1 Å². The van der Waals surface area contributed by atoms with Gasteiger partial charge in [0, 0.05) is 0 Å². The van der Waals surface area contributed by atoms with Gasteiger partial charge in [0.2, 0.25) is 5.91 Å². The Morgan fingerprint density at radius 1 is 0.935 bits per heavy atom. The zero-order valence-electron chi connectivity index (χ0n) is 16.9. The Labute approximate surface area is 179 Å². The molecule has 1 amide bonds. The topological polar surface area (TPSA) is 75.3 Å². The molecule has 0 spiro atoms. The zero-order chi connectivity index (χ0) is 21.2. The minimum absolute atomic E-state index is 0.0134. The summed E-state index contributed by atoms with van der Waals surface area (Å²) in [7, 11) is 0. The second-order valence-corrected chi connectivity index (χ2v) is 7.51. The number of carbonyl (C=O) groups is 2. The molecular formula is C25H21N3O3. The van der Waals surface area contributed by atoms with Crippen LogP contribution in [0.3, 0.4) is 0 Å². The van der Waals surface area contributed by atoms with Crippen molar-refractivity contribution in [1.82, 2.24) is 9.97 Å². The standard InChI is InChI=1S/C25H21N3O3/c29-24(13-14-31-25(30)19-11-12-20-21(15-19)27-16-26-20)28-22-7-3-1-5-17(22)9-10-18-6-2-4-8-23(18)28/h1-8,11-12,15-16H,9-10,13-14H2,(H,26,27). The molecule has 0 fully saturated rings. The predicted molar refractivity (Wildman–Crippen MR) is 118 cm³/mol. The van der Waals surface area contributed by atoms with Crippen LogP contribution in [0.4, 0.5) is 11.4 Å². The molecule has 154 valence electrons. The van der Waals surface area contributed by atoms with E-state index >= 15 is 0 Å². The average Bonchev–Trinajstić information content (AvgIpc) is 3.20. The fraction of sp³-hybridized carbons (Fsp3) is 0.160. The summed E-state index contributed by atoms with van der Waals surface area (Å²) in [5.74, 6) is -0.556. The molecule has 0 saturated carbocycles. The maximum atomic E-state index is 13.3. The molecule has 5 rings (SSSR count). The average molecular weight is 411 g/mol. The van der Waals surface area contributed by atoms with Gasteiger partial charge < -0.3 is 9.72 Å². The molecule has 1 aliphatic heterocycles. The lowest BCUT2D eigenvalue weighted by molar-refractivity contribution is -0.118. The normalized spacial score (nSPS) is 12.7. The number of benzene rings is 3. The second kappa shape index (κ2) is 8.07. The number of aromatic nitrogens is 2. The Bertz CT molecular complexity index is 1230. The Balaban J connectivity index is 1.32. The molecule has 1 N–H and O–H groups in total. The number of nitrogens with zero attached hydrogens (tertiary/aromatic N) is 2. The number of H-pyrrole nitrogens is 1. The van der Waals surface area contributed by atoms with Gasteiger partial charge >= 0.3 is 5.97 Å². The van der Waals surface area contributed by atoms with E-state index in [1.54, 1.807) is 29.4 Å². The zero-order valence-corrected chi connectivity index (χ0v) is 16.9. The lowest BCUT2D eigenvalue weighted by Gasteiger charge is -2.25. The Kier molecular flexibility index (Phi) is 4.96. The van der Waals surface area contributed by atoms with Crippen molar-refractivity contribution in [2.24, 2.45) is 0 Å². The van der Waals surface area contributed by atoms with Gasteiger partial charge in [-0.15, -0.1) is 0 Å². The van der Waals surface area contributed by atoms with Gasteiger partial charge in [-0.25, -0.2) is 9.78 Å². The molecule has 0 atom stereocenters. The van der Waals surface area contributed by atoms with Crippen molar-refractivity contribution in [3.8, 4) is 0 Å². The Hall–Kier alpha value is -3.93. The van der Waals surface area contributed by atoms with Gasteiger partial charge in [-0.3, -0.25) is 9.69 Å². The van der Waals surface area contributed by atoms with Crippen LogP contribution in [0.25, 0.3) is 11.0 Å². The van der Waals surface area contributed by atoms with Gasteiger partial charge in [0.15, 0.2) is 0 Å². The van der Waals surface area contributed by atoms with Gasteiger partial charge in [0.1, 0.15) is 6.61 Å². The van der Waals surface area contributed by atoms with Gasteiger partial charge in [-0.05, 0) is 54.3 Å². The van der Waals surface area contributed by atoms with Crippen LogP contribution in [-0.2, 0) is 22.4 Å². The fourth-order valence-electron chi connectivity index (χ4n) is 4.04. The number of hydrogen-bond acceptors (Lipinski definition) is 4. The number of para-hydroxylation sites is 2. The number of hydrogen-bond donors (Lipinski definition) is 1. The summed E-state index contributed by atoms with van der Waals surface area (Å²) in [5.41, 5.74) is 6.04. The third kappa shape index (κ3) is 3.68. The highest BCUT2D eigenvalue weighted by atomic mass is 16.5. The minimum Gasteiger partial charge on any atom is -0.462 e. The molecule has 0 saturated heterocycles. The number of rotatable bonds is 4. The lowest BCUT2D eigenvalue weighted by atomic mass is 10.0. The van der Waals surface area contributed by atoms with Crippen LogP contribution in [0.2, 0.25) is 0 Å². The van der Waals surface area contributed by atoms with Gasteiger partial charge in [-0.1, -0.05) is 36.4 Å². The molecule has 0 radical (unpaired) electrons. The number of amides is 1. The summed E-state index contributed by atoms with van der Waals surface area (Å²) >= 11 is 0. The van der Waals surface area contributed by atoms with Crippen LogP contribution in [0, 0.1) is 0 Å². The van der Waals surface area contributed by atoms with E-state index in [0.717, 1.165) is 46.4 Å². The van der Waals surface area contributed by atoms with E-state index in [0.29, 0.717) is 5.56 Å². The van der Waals surface area contributed by atoms with Crippen LogP contribution >= 0.6 is 0 Å². The molecule has 1 aliphatic rings. The number of imidazole rings is 1. The molecule has 6 nitrogen and oxygen atoms in total. The monoisotopic (exact) mass is 411 g/mol. The highest BCUT2D eigenvalue weighted by Gasteiger charge is 2.25. The predicted octanol–water partition coefficient (Wildman–Crippen LogP) is 4.57. The number of esters is 1. The molecule has 0 bridgehead atoms. The summed E-state index contributed by atoms with van der Waals surface area (Å²) in [6, 6.07) is 21.1. The van der Waals surface area contributed by atoms with E-state index in [1.165, 1.54) is 0 Å². The summed E-state index contributed by atoms with van der Waals surface area (Å²) < 4.78 is 5.40. The van der Waals surface area contributed by atoms with Gasteiger partial charge in [-0.2, -0.15) is 0 Å². The van der Waals surface area contributed by atoms with E-state index < -0.39 is 5.97 Å². The van der Waals surface area contributed by atoms with E-state index in [4.69, 9.17) is 4.74 Å². The van der Waals surface area contributed by atoms with Crippen LogP contribution < -0.4 is 4.90 Å². The second-order valence-electron chi connectivity index (χ2n) is 7.51. The molecular weight excluding hydrogens is 390 g/mol. The molecule has 31 heavy (non-hydrogen) atoms. The molecule has 6 heteroatoms. The van der Waals surface area contributed by atoms with Crippen molar-refractivity contribution in [3.63, 3.8) is 0 Å². The van der Waals surface area contributed by atoms with E-state index in [-0.39, 0.29) is 18.9 Å². The Morgan fingerprint density at radius 2 is 1.61 bits per heavy atom. The lowest BCUT2D eigenvalue weighted by Crippen LogP contribution is -2.28. The van der Waals surface area contributed by atoms with Crippen LogP contribution in [0.5, 0.6) is 0 Å². The SMILES string of the molecule is O=C(OCCC(=O)N1c2ccccc2CCc2ccccc21)c1ccc2nc[nH]c2c1. The van der Waals surface area contributed by atoms with E-state index in [1.807, 2.05) is 36.4 Å². The highest BCUT2D eigenvalue weighted by Crippen LogP contribution is 2.36. The van der Waals surface area contributed by atoms with Gasteiger partial charge in [0.05, 0.1) is 40.7 Å². The molecule has 0 unspecified atom stereocenters. The number of carbonyl (C=O) groups excluding carboxylic acids is 2. The van der Waals surface area contributed by atoms with Crippen molar-refractivity contribution in [1.29, 1.82) is 0 Å². The van der Waals surface area contributed by atoms with Crippen LogP contribution in [-0.4, -0.2) is 28.5 Å². The van der Waals surface area contributed by atoms with Crippen molar-refractivity contribution >= 4 is 34.3 Å². The smallest absolute Gasteiger partial charge is 0.338 e. The first-order chi connectivity index (χ1) is 15.2. The quantitative estimate of drug-likeness (QED) is 0.499. The fourth-order valence-corrected chi connectivity index (χ4v) is 4.04. The van der Waals surface area contributed by atoms with E-state index in [2.05, 4.69) is 22.1 Å². The molecule has 3 aromatic carbocycles. The van der Waals surface area contributed by atoms with Gasteiger partial charge in [0.25, 0.3) is 0 Å². The van der Waals surface area contributed by atoms with Crippen molar-refractivity contribution in [2.45, 2.75) is 19.3 Å². The number of fused-ring (bicyclic) bond motifs is 3. The Morgan fingerprint density at radius 3 is 2.32 bits per heavy atom. The third-order valence-electron chi connectivity index (χ3n) is 5.58. The maximum Gasteiger partial charge on any atom is 0.338 e. The first-order valence-corrected chi connectivity index (χ1v) is 10.3. The third-order valence-corrected chi connectivity index (χ3v) is 5.58. The number of nitrogens with one attached hydrogen (secondary N) is 1. The minimum atomic E-state index is -0.457. The number of anilines is 2. The van der Waals surface area contributed by atoms with E-state index in [9.17, 15) is 9.59 Å². The summed E-state index contributed by atoms with van der Waals surface area (Å²) in [5, 5.41) is 0. The number of aryl methyl sites for hydroxylation is 2. The van der Waals surface area contributed by atoms with Crippen LogP contribution in [0.1, 0.15) is 27.9 Å². The molecule has 2 heterocycles. The van der Waals surface area contributed by atoms with Crippen molar-refractivity contribution < 1.29 is 14.3 Å².